The third-order valence-electron chi connectivity index (χ3n) is 13.1. The number of nitrogens with one attached hydrogen (secondary N) is 1. The Morgan fingerprint density at radius 1 is 0.556 bits per heavy atom. The Morgan fingerprint density at radius 3 is 1.54 bits per heavy atom. The molecule has 2 atom stereocenters. The van der Waals surface area contributed by atoms with Crippen LogP contribution in [0.3, 0.4) is 0 Å². The van der Waals surface area contributed by atoms with Gasteiger partial charge < -0.3 is 14.8 Å². The van der Waals surface area contributed by atoms with Gasteiger partial charge in [-0.25, -0.2) is 4.79 Å². The molecule has 0 aliphatic heterocycles. The number of esters is 1. The predicted octanol–water partition coefficient (Wildman–Crippen LogP) is 14.5. The van der Waals surface area contributed by atoms with Crippen molar-refractivity contribution in [3.8, 4) is 11.1 Å². The molecule has 1 amide bonds. The molecule has 0 saturated carbocycles. The second kappa shape index (κ2) is 27.6. The number of alkyl carbamates (subject to hydrolysis) is 1. The summed E-state index contributed by atoms with van der Waals surface area (Å²) in [7, 11) is -1.56. The Bertz CT molecular complexity index is 1880. The lowest BCUT2D eigenvalue weighted by atomic mass is 9.90. The average Bonchev–Trinajstić information content (AvgIpc) is 3.61. The van der Waals surface area contributed by atoms with E-state index in [4.69, 9.17) is 9.47 Å². The first-order valence-electron chi connectivity index (χ1n) is 24.6. The molecule has 63 heavy (non-hydrogen) atoms. The maximum atomic E-state index is 14.3. The predicted molar refractivity (Wildman–Crippen MR) is 263 cm³/mol. The van der Waals surface area contributed by atoms with Crippen molar-refractivity contribution < 1.29 is 23.9 Å². The van der Waals surface area contributed by atoms with Gasteiger partial charge in [0.15, 0.2) is 5.78 Å². The molecule has 340 valence electrons. The highest BCUT2D eigenvalue weighted by molar-refractivity contribution is 6.77. The van der Waals surface area contributed by atoms with Crippen LogP contribution in [0, 0.1) is 5.92 Å². The fourth-order valence-corrected chi connectivity index (χ4v) is 11.3. The molecule has 4 aromatic rings. The Hall–Kier alpha value is -4.49. The monoisotopic (exact) mass is 872 g/mol. The van der Waals surface area contributed by atoms with Crippen LogP contribution < -0.4 is 5.32 Å². The molecule has 1 aliphatic carbocycles. The fraction of sp³-hybridized carbons (Fsp3) is 0.518. The number of benzene rings is 4. The van der Waals surface area contributed by atoms with Crippen molar-refractivity contribution in [2.24, 2.45) is 5.92 Å². The van der Waals surface area contributed by atoms with Crippen LogP contribution >= 0.6 is 0 Å². The number of ether oxygens (including phenoxy) is 2. The van der Waals surface area contributed by atoms with Crippen LogP contribution in [-0.4, -0.2) is 45.2 Å². The van der Waals surface area contributed by atoms with Crippen molar-refractivity contribution in [3.05, 3.63) is 131 Å². The Balaban J connectivity index is 1.07. The molecular weight excluding hydrogens is 795 g/mol. The highest BCUT2D eigenvalue weighted by Crippen LogP contribution is 2.44. The summed E-state index contributed by atoms with van der Waals surface area (Å²) >= 11 is 0. The second-order valence-corrected chi connectivity index (χ2v) is 24.2. The van der Waals surface area contributed by atoms with Crippen LogP contribution in [0.4, 0.5) is 4.79 Å². The lowest BCUT2D eigenvalue weighted by Crippen LogP contribution is -2.44. The summed E-state index contributed by atoms with van der Waals surface area (Å²) in [5.74, 6) is -1.34. The summed E-state index contributed by atoms with van der Waals surface area (Å²) in [5.41, 5.74) is 6.42. The minimum absolute atomic E-state index is 0.0467. The van der Waals surface area contributed by atoms with Crippen LogP contribution in [0.2, 0.25) is 25.2 Å². The van der Waals surface area contributed by atoms with Crippen LogP contribution in [0.25, 0.3) is 11.1 Å². The number of rotatable bonds is 31. The summed E-state index contributed by atoms with van der Waals surface area (Å²) < 4.78 is 11.9. The first-order chi connectivity index (χ1) is 30.7. The SMILES string of the molecule is CCCCCCCCCCCCCCCCCC[Si](C)(C)CCOC(=O)[C@@H](CC(=O)[C@H](Cc1ccccc1)NC(=O)OCC1c2ccccc2-c2ccccc21)Cc1ccccc1. The normalized spacial score (nSPS) is 13.2. The molecule has 1 N–H and O–H groups in total. The highest BCUT2D eigenvalue weighted by atomic mass is 28.3. The average molecular weight is 872 g/mol. The van der Waals surface area contributed by atoms with Gasteiger partial charge in [-0.1, -0.05) is 238 Å². The number of fused-ring (bicyclic) bond motifs is 3. The van der Waals surface area contributed by atoms with Crippen LogP contribution in [0.5, 0.6) is 0 Å². The van der Waals surface area contributed by atoms with Crippen molar-refractivity contribution in [2.75, 3.05) is 13.2 Å². The summed E-state index contributed by atoms with van der Waals surface area (Å²) in [6, 6.07) is 37.2. The van der Waals surface area contributed by atoms with E-state index >= 15 is 0 Å². The molecule has 0 fully saturated rings. The smallest absolute Gasteiger partial charge is 0.407 e. The molecule has 4 aromatic carbocycles. The molecule has 0 radical (unpaired) electrons. The van der Waals surface area contributed by atoms with Gasteiger partial charge in [0.2, 0.25) is 0 Å². The van der Waals surface area contributed by atoms with Gasteiger partial charge in [-0.15, -0.1) is 0 Å². The number of amides is 1. The van der Waals surface area contributed by atoms with E-state index in [2.05, 4.69) is 49.6 Å². The van der Waals surface area contributed by atoms with E-state index in [1.165, 1.54) is 109 Å². The number of carbonyl (C=O) groups excluding carboxylic acids is 3. The van der Waals surface area contributed by atoms with Gasteiger partial charge in [-0.05, 0) is 52.3 Å². The molecule has 0 spiro atoms. The number of carbonyl (C=O) groups is 3. The lowest BCUT2D eigenvalue weighted by Gasteiger charge is -2.24. The third-order valence-corrected chi connectivity index (χ3v) is 16.4. The van der Waals surface area contributed by atoms with Gasteiger partial charge in [-0.3, -0.25) is 9.59 Å². The number of ketones is 1. The number of unbranched alkanes of at least 4 members (excludes halogenated alkanes) is 15. The van der Waals surface area contributed by atoms with E-state index in [9.17, 15) is 14.4 Å². The Labute approximate surface area is 381 Å². The lowest BCUT2D eigenvalue weighted by molar-refractivity contribution is -0.149. The largest absolute Gasteiger partial charge is 0.466 e. The standard InChI is InChI=1S/C56H77NO5Si/c1-4-5-6-7-8-9-10-11-12-13-14-15-16-17-18-29-39-63(2,3)40-38-61-55(59)47(41-45-30-21-19-22-31-45)43-54(58)53(42-46-32-23-20-24-33-46)57-56(60)62-44-52-50-36-27-25-34-48(50)49-35-26-28-37-51(49)52/h19-28,30-37,47,52-53H,4-18,29,38-44H2,1-3H3,(H,57,60)/t47-,53+/m1/s1. The van der Waals surface area contributed by atoms with Crippen LogP contribution in [-0.2, 0) is 31.9 Å². The van der Waals surface area contributed by atoms with Gasteiger partial charge in [0, 0.05) is 12.3 Å². The van der Waals surface area contributed by atoms with Crippen LogP contribution in [0.1, 0.15) is 144 Å². The molecule has 0 heterocycles. The molecule has 0 saturated heterocycles. The summed E-state index contributed by atoms with van der Waals surface area (Å²) in [6.45, 7) is 7.61. The van der Waals surface area contributed by atoms with E-state index in [-0.39, 0.29) is 37.1 Å². The minimum atomic E-state index is -1.56. The van der Waals surface area contributed by atoms with Crippen molar-refractivity contribution >= 4 is 25.9 Å². The van der Waals surface area contributed by atoms with E-state index in [1.807, 2.05) is 84.9 Å². The first-order valence-corrected chi connectivity index (χ1v) is 28.0. The quantitative estimate of drug-likeness (QED) is 0.0309. The topological polar surface area (TPSA) is 81.7 Å². The fourth-order valence-electron chi connectivity index (χ4n) is 9.22. The zero-order valence-corrected chi connectivity index (χ0v) is 39.9. The van der Waals surface area contributed by atoms with Gasteiger partial charge in [0.05, 0.1) is 26.6 Å². The van der Waals surface area contributed by atoms with E-state index in [0.29, 0.717) is 13.0 Å². The van der Waals surface area contributed by atoms with E-state index < -0.39 is 26.1 Å². The molecule has 0 aromatic heterocycles. The van der Waals surface area contributed by atoms with E-state index in [0.717, 1.165) is 39.4 Å². The Morgan fingerprint density at radius 2 is 1.02 bits per heavy atom. The molecule has 1 aliphatic rings. The maximum absolute atomic E-state index is 14.3. The van der Waals surface area contributed by atoms with Gasteiger partial charge in [-0.2, -0.15) is 0 Å². The molecule has 5 rings (SSSR count). The zero-order valence-electron chi connectivity index (χ0n) is 38.9. The van der Waals surface area contributed by atoms with Crippen molar-refractivity contribution in [2.45, 2.75) is 166 Å². The third kappa shape index (κ3) is 17.5. The number of hydrogen-bond acceptors (Lipinski definition) is 5. The minimum Gasteiger partial charge on any atom is -0.466 e. The van der Waals surface area contributed by atoms with Crippen molar-refractivity contribution in [1.29, 1.82) is 0 Å². The van der Waals surface area contributed by atoms with Crippen molar-refractivity contribution in [3.63, 3.8) is 0 Å². The summed E-state index contributed by atoms with van der Waals surface area (Å²) in [6.07, 6.45) is 21.9. The molecule has 0 unspecified atom stereocenters. The Kier molecular flexibility index (Phi) is 21.7. The highest BCUT2D eigenvalue weighted by Gasteiger charge is 2.32. The zero-order chi connectivity index (χ0) is 44.5. The van der Waals surface area contributed by atoms with Gasteiger partial charge in [0.1, 0.15) is 6.61 Å². The van der Waals surface area contributed by atoms with Crippen LogP contribution in [0.15, 0.2) is 109 Å². The molecule has 0 bridgehead atoms. The second-order valence-electron chi connectivity index (χ2n) is 18.9. The number of hydrogen-bond donors (Lipinski definition) is 1. The summed E-state index contributed by atoms with van der Waals surface area (Å²) in [4.78, 5) is 41.7. The first kappa shape index (κ1) is 49.5. The number of Topliss-reactive ketones (excluding diaryl/α,β-unsaturated/α-hetero) is 1. The van der Waals surface area contributed by atoms with Gasteiger partial charge >= 0.3 is 12.1 Å². The maximum Gasteiger partial charge on any atom is 0.407 e. The summed E-state index contributed by atoms with van der Waals surface area (Å²) in [5, 5.41) is 2.91. The van der Waals surface area contributed by atoms with Crippen molar-refractivity contribution in [1.82, 2.24) is 5.32 Å². The molecular formula is C56H77NO5Si. The van der Waals surface area contributed by atoms with E-state index in [1.54, 1.807) is 0 Å². The molecule has 7 heteroatoms. The molecule has 6 nitrogen and oxygen atoms in total. The van der Waals surface area contributed by atoms with Gasteiger partial charge in [0.25, 0.3) is 0 Å².